The van der Waals surface area contributed by atoms with Crippen LogP contribution in [0.4, 0.5) is 0 Å². The molecule has 0 saturated heterocycles. The van der Waals surface area contributed by atoms with E-state index in [-0.39, 0.29) is 11.4 Å². The molecule has 0 fully saturated rings. The largest absolute Gasteiger partial charge is 0.341 e. The summed E-state index contributed by atoms with van der Waals surface area (Å²) in [6, 6.07) is 0. The summed E-state index contributed by atoms with van der Waals surface area (Å²) in [5.41, 5.74) is -0.201. The van der Waals surface area contributed by atoms with Gasteiger partial charge in [-0.2, -0.15) is 0 Å². The number of rotatable bonds is 2. The molecule has 14 heavy (non-hydrogen) atoms. The highest BCUT2D eigenvalue weighted by Crippen LogP contribution is 1.96. The van der Waals surface area contributed by atoms with Crippen molar-refractivity contribution < 1.29 is 4.79 Å². The number of nitrogens with one attached hydrogen (secondary N) is 1. The fraction of sp³-hybridized carbons (Fsp3) is 0.727. The zero-order chi connectivity index (χ0) is 11.2. The first-order valence-electron chi connectivity index (χ1n) is 4.77. The van der Waals surface area contributed by atoms with Crippen LogP contribution < -0.4 is 5.32 Å². The summed E-state index contributed by atoms with van der Waals surface area (Å²) in [4.78, 5) is 13.2. The third-order valence-electron chi connectivity index (χ3n) is 1.37. The van der Waals surface area contributed by atoms with E-state index < -0.39 is 0 Å². The molecule has 1 amide bonds. The number of hydrogen-bond donors (Lipinski definition) is 1. The van der Waals surface area contributed by atoms with Gasteiger partial charge in [-0.3, -0.25) is 4.79 Å². The molecule has 0 aliphatic heterocycles. The van der Waals surface area contributed by atoms with Crippen LogP contribution >= 0.6 is 0 Å². The summed E-state index contributed by atoms with van der Waals surface area (Å²) < 4.78 is 0. The van der Waals surface area contributed by atoms with Crippen LogP contribution in [-0.4, -0.2) is 37.0 Å². The average molecular weight is 196 g/mol. The van der Waals surface area contributed by atoms with Crippen molar-refractivity contribution in [1.82, 2.24) is 10.2 Å². The molecule has 0 aromatic heterocycles. The van der Waals surface area contributed by atoms with E-state index in [1.165, 1.54) is 0 Å². The first-order valence-corrected chi connectivity index (χ1v) is 4.77. The average Bonchev–Trinajstić information content (AvgIpc) is 1.94. The minimum absolute atomic E-state index is 0.198. The molecule has 0 bridgehead atoms. The van der Waals surface area contributed by atoms with Gasteiger partial charge in [0.05, 0.1) is 0 Å². The van der Waals surface area contributed by atoms with Gasteiger partial charge in [0.25, 0.3) is 5.91 Å². The van der Waals surface area contributed by atoms with Crippen molar-refractivity contribution in [3.8, 4) is 11.8 Å². The molecular formula is C11H20N2O. The van der Waals surface area contributed by atoms with Crippen LogP contribution in [0.1, 0.15) is 27.2 Å². The van der Waals surface area contributed by atoms with Gasteiger partial charge in [-0.1, -0.05) is 5.92 Å². The van der Waals surface area contributed by atoms with Crippen LogP contribution in [0.3, 0.4) is 0 Å². The molecule has 0 spiro atoms. The molecule has 0 aromatic carbocycles. The number of carbonyl (C=O) groups is 1. The topological polar surface area (TPSA) is 32.3 Å². The molecular weight excluding hydrogens is 176 g/mol. The summed E-state index contributed by atoms with van der Waals surface area (Å²) in [7, 11) is 3.97. The van der Waals surface area contributed by atoms with Crippen molar-refractivity contribution >= 4 is 5.91 Å². The molecule has 0 atom stereocenters. The lowest BCUT2D eigenvalue weighted by Gasteiger charge is -2.18. The Morgan fingerprint density at radius 2 is 1.93 bits per heavy atom. The first-order chi connectivity index (χ1) is 6.31. The first kappa shape index (κ1) is 13.0. The van der Waals surface area contributed by atoms with Crippen molar-refractivity contribution in [3.63, 3.8) is 0 Å². The summed E-state index contributed by atoms with van der Waals surface area (Å²) in [5.74, 6) is 5.21. The predicted octanol–water partition coefficient (Wildman–Crippen LogP) is 0.856. The lowest BCUT2D eigenvalue weighted by Crippen LogP contribution is -2.39. The molecule has 0 saturated carbocycles. The Hall–Kier alpha value is -1.01. The summed E-state index contributed by atoms with van der Waals surface area (Å²) in [6.07, 6.45) is 0.727. The normalized spacial score (nSPS) is 10.7. The smallest absolute Gasteiger partial charge is 0.296 e. The minimum Gasteiger partial charge on any atom is -0.341 e. The molecule has 0 radical (unpaired) electrons. The molecule has 1 N–H and O–H groups in total. The Kier molecular flexibility index (Phi) is 5.26. The number of carbonyl (C=O) groups excluding carboxylic acids is 1. The Labute approximate surface area is 86.9 Å². The van der Waals surface area contributed by atoms with E-state index in [4.69, 9.17) is 0 Å². The molecule has 0 heterocycles. The lowest BCUT2D eigenvalue weighted by molar-refractivity contribution is -0.117. The molecule has 3 nitrogen and oxygen atoms in total. The van der Waals surface area contributed by atoms with Crippen LogP contribution in [0.2, 0.25) is 0 Å². The third kappa shape index (κ3) is 9.08. The molecule has 0 rings (SSSR count). The highest BCUT2D eigenvalue weighted by Gasteiger charge is 2.11. The molecule has 80 valence electrons. The molecule has 0 unspecified atom stereocenters. The van der Waals surface area contributed by atoms with Crippen molar-refractivity contribution in [3.05, 3.63) is 0 Å². The molecule has 0 aliphatic rings. The molecule has 0 aliphatic carbocycles. The maximum Gasteiger partial charge on any atom is 0.296 e. The maximum atomic E-state index is 11.2. The zero-order valence-corrected chi connectivity index (χ0v) is 9.77. The number of hydrogen-bond acceptors (Lipinski definition) is 2. The van der Waals surface area contributed by atoms with Gasteiger partial charge in [-0.25, -0.2) is 0 Å². The lowest BCUT2D eigenvalue weighted by atomic mass is 10.1. The van der Waals surface area contributed by atoms with Crippen LogP contribution in [0.5, 0.6) is 0 Å². The number of nitrogens with zero attached hydrogens (tertiary/aromatic N) is 1. The van der Waals surface area contributed by atoms with Crippen molar-refractivity contribution in [1.29, 1.82) is 0 Å². The fourth-order valence-electron chi connectivity index (χ4n) is 0.794. The monoisotopic (exact) mass is 196 g/mol. The van der Waals surface area contributed by atoms with Gasteiger partial charge in [-0.15, -0.1) is 0 Å². The predicted molar refractivity (Wildman–Crippen MR) is 58.8 cm³/mol. The van der Waals surface area contributed by atoms with Crippen molar-refractivity contribution in [2.24, 2.45) is 0 Å². The van der Waals surface area contributed by atoms with Crippen LogP contribution in [-0.2, 0) is 4.79 Å². The SMILES string of the molecule is CN(C)CCC#CC(=O)NC(C)(C)C. The summed E-state index contributed by atoms with van der Waals surface area (Å²) >= 11 is 0. The third-order valence-corrected chi connectivity index (χ3v) is 1.37. The quantitative estimate of drug-likeness (QED) is 0.664. The second kappa shape index (κ2) is 5.66. The Bertz CT molecular complexity index is 240. The Morgan fingerprint density at radius 1 is 1.36 bits per heavy atom. The Balaban J connectivity index is 3.82. The fourth-order valence-corrected chi connectivity index (χ4v) is 0.794. The van der Waals surface area contributed by atoms with E-state index in [0.717, 1.165) is 13.0 Å². The highest BCUT2D eigenvalue weighted by atomic mass is 16.1. The van der Waals surface area contributed by atoms with E-state index in [2.05, 4.69) is 17.2 Å². The second-order valence-corrected chi connectivity index (χ2v) is 4.56. The van der Waals surface area contributed by atoms with E-state index in [1.54, 1.807) is 0 Å². The second-order valence-electron chi connectivity index (χ2n) is 4.56. The van der Waals surface area contributed by atoms with Gasteiger partial charge >= 0.3 is 0 Å². The number of amides is 1. The maximum absolute atomic E-state index is 11.2. The summed E-state index contributed by atoms with van der Waals surface area (Å²) in [6.45, 7) is 6.70. The van der Waals surface area contributed by atoms with E-state index in [0.29, 0.717) is 0 Å². The molecule has 3 heteroatoms. The Morgan fingerprint density at radius 3 is 2.36 bits per heavy atom. The van der Waals surface area contributed by atoms with E-state index >= 15 is 0 Å². The van der Waals surface area contributed by atoms with Gasteiger partial charge in [0.2, 0.25) is 0 Å². The van der Waals surface area contributed by atoms with Gasteiger partial charge in [0, 0.05) is 18.5 Å². The van der Waals surface area contributed by atoms with E-state index in [1.807, 2.05) is 39.8 Å². The minimum atomic E-state index is -0.201. The van der Waals surface area contributed by atoms with Gasteiger partial charge in [0.1, 0.15) is 0 Å². The highest BCUT2D eigenvalue weighted by molar-refractivity contribution is 5.93. The van der Waals surface area contributed by atoms with E-state index in [9.17, 15) is 4.79 Å². The van der Waals surface area contributed by atoms with Gasteiger partial charge in [-0.05, 0) is 40.8 Å². The zero-order valence-electron chi connectivity index (χ0n) is 9.77. The van der Waals surface area contributed by atoms with Gasteiger partial charge < -0.3 is 10.2 Å². The van der Waals surface area contributed by atoms with Crippen LogP contribution in [0.15, 0.2) is 0 Å². The van der Waals surface area contributed by atoms with Gasteiger partial charge in [0.15, 0.2) is 0 Å². The molecule has 0 aromatic rings. The van der Waals surface area contributed by atoms with Crippen molar-refractivity contribution in [2.45, 2.75) is 32.7 Å². The standard InChI is InChI=1S/C11H20N2O/c1-11(2,3)12-10(14)8-6-7-9-13(4)5/h7,9H2,1-5H3,(H,12,14). The van der Waals surface area contributed by atoms with Crippen molar-refractivity contribution in [2.75, 3.05) is 20.6 Å². The summed E-state index contributed by atoms with van der Waals surface area (Å²) in [5, 5.41) is 2.78. The van der Waals surface area contributed by atoms with Crippen LogP contribution in [0, 0.1) is 11.8 Å². The van der Waals surface area contributed by atoms with Crippen LogP contribution in [0.25, 0.3) is 0 Å².